The zero-order chi connectivity index (χ0) is 21.3. The molecule has 0 unspecified atom stereocenters. The van der Waals surface area contributed by atoms with Gasteiger partial charge in [0.15, 0.2) is 24.8 Å². The van der Waals surface area contributed by atoms with Crippen molar-refractivity contribution in [2.75, 3.05) is 53.4 Å². The van der Waals surface area contributed by atoms with Crippen molar-refractivity contribution in [3.63, 3.8) is 0 Å². The molecule has 0 saturated heterocycles. The fourth-order valence-corrected chi connectivity index (χ4v) is 2.64. The van der Waals surface area contributed by atoms with Crippen LogP contribution in [-0.2, 0) is 37.1 Å². The summed E-state index contributed by atoms with van der Waals surface area (Å²) in [5.41, 5.74) is 2.32. The van der Waals surface area contributed by atoms with E-state index in [9.17, 15) is 0 Å². The number of hydrogen-bond acceptors (Lipinski definition) is 5. The number of hydrogen-bond donors (Lipinski definition) is 0. The van der Waals surface area contributed by atoms with Crippen molar-refractivity contribution in [1.82, 2.24) is 0 Å². The summed E-state index contributed by atoms with van der Waals surface area (Å²) < 4.78 is 31.1. The van der Waals surface area contributed by atoms with Gasteiger partial charge >= 0.3 is 0 Å². The average molecular weight is 421 g/mol. The van der Waals surface area contributed by atoms with Crippen LogP contribution in [0.4, 0.5) is 0 Å². The summed E-state index contributed by atoms with van der Waals surface area (Å²) in [6.45, 7) is 7.59. The van der Waals surface area contributed by atoms with Gasteiger partial charge in [-0.25, -0.2) is 0 Å². The molecule has 0 aliphatic carbocycles. The molecule has 166 valence electrons. The number of aromatic nitrogens is 2. The second-order valence-corrected chi connectivity index (χ2v) is 6.85. The standard InChI is InChI=1S/C23H36N2O5/c1-3-4-13-27-16-18-29-20-24-9-5-22(6-10-24)23-7-11-25(12-8-23)21-30-19-17-28-15-14-26-2/h5-12H,3-4,13-21H2,1-2H3/q+2. The molecule has 0 fully saturated rings. The molecule has 0 aliphatic rings. The highest BCUT2D eigenvalue weighted by Gasteiger charge is 2.06. The number of methoxy groups -OCH3 is 1. The summed E-state index contributed by atoms with van der Waals surface area (Å²) in [6, 6.07) is 8.35. The van der Waals surface area contributed by atoms with Crippen LogP contribution in [0.2, 0.25) is 0 Å². The molecule has 2 rings (SSSR count). The molecule has 2 aromatic rings. The monoisotopic (exact) mass is 420 g/mol. The Hall–Kier alpha value is -1.90. The molecule has 7 nitrogen and oxygen atoms in total. The normalized spacial score (nSPS) is 11.1. The maximum atomic E-state index is 5.64. The van der Waals surface area contributed by atoms with Crippen LogP contribution in [0.5, 0.6) is 0 Å². The molecule has 30 heavy (non-hydrogen) atoms. The first-order valence-electron chi connectivity index (χ1n) is 10.6. The van der Waals surface area contributed by atoms with E-state index in [4.69, 9.17) is 23.7 Å². The van der Waals surface area contributed by atoms with Gasteiger partial charge < -0.3 is 23.7 Å². The van der Waals surface area contributed by atoms with Crippen LogP contribution in [0.3, 0.4) is 0 Å². The van der Waals surface area contributed by atoms with Crippen LogP contribution in [-0.4, -0.2) is 53.4 Å². The molecular weight excluding hydrogens is 384 g/mol. The Morgan fingerprint density at radius 2 is 1.03 bits per heavy atom. The van der Waals surface area contributed by atoms with E-state index >= 15 is 0 Å². The molecule has 2 heterocycles. The average Bonchev–Trinajstić information content (AvgIpc) is 2.79. The van der Waals surface area contributed by atoms with Gasteiger partial charge in [-0.2, -0.15) is 9.13 Å². The predicted molar refractivity (Wildman–Crippen MR) is 113 cm³/mol. The molecule has 0 radical (unpaired) electrons. The highest BCUT2D eigenvalue weighted by atomic mass is 16.5. The first-order chi connectivity index (χ1) is 14.8. The first kappa shape index (κ1) is 24.4. The van der Waals surface area contributed by atoms with E-state index in [0.29, 0.717) is 53.1 Å². The third-order valence-corrected chi connectivity index (χ3v) is 4.41. The molecule has 0 aromatic carbocycles. The topological polar surface area (TPSA) is 53.9 Å². The number of unbranched alkanes of at least 4 members (excludes halogenated alkanes) is 1. The quantitative estimate of drug-likeness (QED) is 0.291. The first-order valence-corrected chi connectivity index (χ1v) is 10.6. The van der Waals surface area contributed by atoms with E-state index in [-0.39, 0.29) is 0 Å². The minimum Gasteiger partial charge on any atom is -0.382 e. The van der Waals surface area contributed by atoms with Crippen LogP contribution in [0.15, 0.2) is 49.1 Å². The maximum Gasteiger partial charge on any atom is 0.252 e. The maximum absolute atomic E-state index is 5.64. The summed E-state index contributed by atoms with van der Waals surface area (Å²) >= 11 is 0. The van der Waals surface area contributed by atoms with Gasteiger partial charge in [-0.1, -0.05) is 13.3 Å². The van der Waals surface area contributed by atoms with E-state index in [1.807, 2.05) is 33.9 Å². The van der Waals surface area contributed by atoms with E-state index in [0.717, 1.165) is 30.6 Å². The summed E-state index contributed by atoms with van der Waals surface area (Å²) in [5.74, 6) is 0. The molecular formula is C23H36N2O5+2. The second kappa shape index (κ2) is 15.9. The van der Waals surface area contributed by atoms with Crippen molar-refractivity contribution in [1.29, 1.82) is 0 Å². The van der Waals surface area contributed by atoms with Crippen molar-refractivity contribution < 1.29 is 32.8 Å². The molecule has 0 amide bonds. The minimum atomic E-state index is 0.502. The van der Waals surface area contributed by atoms with Gasteiger partial charge in [0.2, 0.25) is 0 Å². The molecule has 0 spiro atoms. The molecule has 0 saturated carbocycles. The zero-order valence-corrected chi connectivity index (χ0v) is 18.3. The number of ether oxygens (including phenoxy) is 5. The lowest BCUT2D eigenvalue weighted by Gasteiger charge is -2.04. The van der Waals surface area contributed by atoms with Gasteiger partial charge in [-0.3, -0.25) is 0 Å². The zero-order valence-electron chi connectivity index (χ0n) is 18.3. The number of nitrogens with zero attached hydrogens (tertiary/aromatic N) is 2. The Morgan fingerprint density at radius 1 is 0.600 bits per heavy atom. The van der Waals surface area contributed by atoms with E-state index in [1.54, 1.807) is 7.11 Å². The Kier molecular flexibility index (Phi) is 12.9. The van der Waals surface area contributed by atoms with Crippen molar-refractivity contribution in [3.8, 4) is 11.1 Å². The van der Waals surface area contributed by atoms with Gasteiger partial charge in [0, 0.05) is 38.0 Å². The van der Waals surface area contributed by atoms with Gasteiger partial charge in [0.1, 0.15) is 0 Å². The largest absolute Gasteiger partial charge is 0.382 e. The van der Waals surface area contributed by atoms with Crippen LogP contribution >= 0.6 is 0 Å². The van der Waals surface area contributed by atoms with Gasteiger partial charge in [0.05, 0.1) is 39.6 Å². The Labute approximate surface area is 180 Å². The van der Waals surface area contributed by atoms with Crippen LogP contribution in [0, 0.1) is 0 Å². The SMILES string of the molecule is CCCCOCCOC[n+]1ccc(-c2cc[n+](COCCOCCOC)cc2)cc1. The van der Waals surface area contributed by atoms with Crippen molar-refractivity contribution in [2.24, 2.45) is 0 Å². The lowest BCUT2D eigenvalue weighted by Crippen LogP contribution is -2.35. The molecule has 0 aliphatic heterocycles. The smallest absolute Gasteiger partial charge is 0.252 e. The lowest BCUT2D eigenvalue weighted by atomic mass is 10.1. The van der Waals surface area contributed by atoms with Crippen LogP contribution in [0.1, 0.15) is 19.8 Å². The summed E-state index contributed by atoms with van der Waals surface area (Å²) in [6.07, 6.45) is 10.4. The fourth-order valence-electron chi connectivity index (χ4n) is 2.64. The molecule has 0 bridgehead atoms. The molecule has 2 aromatic heterocycles. The van der Waals surface area contributed by atoms with Gasteiger partial charge in [-0.05, 0) is 17.5 Å². The highest BCUT2D eigenvalue weighted by molar-refractivity contribution is 5.60. The molecule has 7 heteroatoms. The fraction of sp³-hybridized carbons (Fsp3) is 0.565. The van der Waals surface area contributed by atoms with Crippen LogP contribution < -0.4 is 9.13 Å². The summed E-state index contributed by atoms with van der Waals surface area (Å²) in [7, 11) is 1.66. The third-order valence-electron chi connectivity index (χ3n) is 4.41. The third kappa shape index (κ3) is 10.2. The minimum absolute atomic E-state index is 0.502. The second-order valence-electron chi connectivity index (χ2n) is 6.85. The number of pyridine rings is 2. The van der Waals surface area contributed by atoms with E-state index in [2.05, 4.69) is 31.2 Å². The predicted octanol–water partition coefficient (Wildman–Crippen LogP) is 2.36. The van der Waals surface area contributed by atoms with E-state index in [1.165, 1.54) is 0 Å². The van der Waals surface area contributed by atoms with Gasteiger partial charge in [0.25, 0.3) is 13.5 Å². The summed E-state index contributed by atoms with van der Waals surface area (Å²) in [5, 5.41) is 0. The highest BCUT2D eigenvalue weighted by Crippen LogP contribution is 2.15. The Balaban J connectivity index is 1.65. The lowest BCUT2D eigenvalue weighted by molar-refractivity contribution is -0.733. The van der Waals surface area contributed by atoms with E-state index < -0.39 is 0 Å². The van der Waals surface area contributed by atoms with Gasteiger partial charge in [-0.15, -0.1) is 0 Å². The Morgan fingerprint density at radius 3 is 1.50 bits per heavy atom. The Bertz CT molecular complexity index is 605. The van der Waals surface area contributed by atoms with Crippen molar-refractivity contribution in [3.05, 3.63) is 49.1 Å². The molecule has 0 atom stereocenters. The van der Waals surface area contributed by atoms with Crippen molar-refractivity contribution >= 4 is 0 Å². The van der Waals surface area contributed by atoms with Crippen LogP contribution in [0.25, 0.3) is 11.1 Å². The molecule has 0 N–H and O–H groups in total. The van der Waals surface area contributed by atoms with Crippen molar-refractivity contribution in [2.45, 2.75) is 33.2 Å². The number of rotatable bonds is 17. The summed E-state index contributed by atoms with van der Waals surface area (Å²) in [4.78, 5) is 0.